The van der Waals surface area contributed by atoms with Crippen molar-refractivity contribution in [1.82, 2.24) is 15.5 Å². The van der Waals surface area contributed by atoms with Gasteiger partial charge in [0.15, 0.2) is 5.11 Å². The van der Waals surface area contributed by atoms with Crippen molar-refractivity contribution in [3.05, 3.63) is 41.1 Å². The third-order valence-corrected chi connectivity index (χ3v) is 4.73. The van der Waals surface area contributed by atoms with E-state index in [-0.39, 0.29) is 12.6 Å². The number of hydrogen-bond acceptors (Lipinski definition) is 5. The minimum absolute atomic E-state index is 0.169. The van der Waals surface area contributed by atoms with E-state index in [2.05, 4.69) is 16.0 Å². The van der Waals surface area contributed by atoms with Crippen LogP contribution in [0.4, 0.5) is 10.5 Å². The van der Waals surface area contributed by atoms with Crippen LogP contribution in [-0.2, 0) is 14.3 Å². The smallest absolute Gasteiger partial charge is 0.338 e. The average Bonchev–Trinajstić information content (AvgIpc) is 2.66. The van der Waals surface area contributed by atoms with Gasteiger partial charge in [-0.05, 0) is 43.8 Å². The Labute approximate surface area is 170 Å². The number of carbonyl (C=O) groups excluding carboxylic acids is 2. The zero-order valence-corrected chi connectivity index (χ0v) is 17.3. The Balaban J connectivity index is 2.26. The number of esters is 1. The standard InChI is InChI=1S/C19H26N4O4S/c1-5-20-18(25)21-14-8-6-13(7-9-14)16-15(17(24)27-11-10-26-4)12(2)23(3)19(28)22-16/h6-9,16H,5,10-11H2,1-4H3,(H,22,28)(H2,20,21,25)/t16-/m1/s1. The first-order valence-corrected chi connectivity index (χ1v) is 9.35. The highest BCUT2D eigenvalue weighted by Crippen LogP contribution is 2.31. The highest BCUT2D eigenvalue weighted by molar-refractivity contribution is 7.80. The third-order valence-electron chi connectivity index (χ3n) is 4.33. The quantitative estimate of drug-likeness (QED) is 0.363. The number of nitrogens with one attached hydrogen (secondary N) is 3. The van der Waals surface area contributed by atoms with Gasteiger partial charge in [-0.2, -0.15) is 0 Å². The lowest BCUT2D eigenvalue weighted by atomic mass is 9.95. The Morgan fingerprint density at radius 1 is 1.25 bits per heavy atom. The Morgan fingerprint density at radius 2 is 1.93 bits per heavy atom. The van der Waals surface area contributed by atoms with Crippen LogP contribution in [0.2, 0.25) is 0 Å². The summed E-state index contributed by atoms with van der Waals surface area (Å²) in [6.45, 7) is 4.71. The lowest BCUT2D eigenvalue weighted by molar-refractivity contribution is -0.140. The predicted molar refractivity (Wildman–Crippen MR) is 111 cm³/mol. The zero-order valence-electron chi connectivity index (χ0n) is 16.5. The van der Waals surface area contributed by atoms with Gasteiger partial charge in [-0.15, -0.1) is 0 Å². The van der Waals surface area contributed by atoms with Crippen LogP contribution in [0.15, 0.2) is 35.5 Å². The maximum Gasteiger partial charge on any atom is 0.338 e. The van der Waals surface area contributed by atoms with E-state index in [1.165, 1.54) is 0 Å². The number of rotatable bonds is 7. The summed E-state index contributed by atoms with van der Waals surface area (Å²) in [5, 5.41) is 9.11. The van der Waals surface area contributed by atoms with Gasteiger partial charge in [-0.3, -0.25) is 0 Å². The van der Waals surface area contributed by atoms with Gasteiger partial charge in [0.25, 0.3) is 0 Å². The molecule has 0 aromatic heterocycles. The van der Waals surface area contributed by atoms with Gasteiger partial charge in [-0.25, -0.2) is 9.59 Å². The van der Waals surface area contributed by atoms with Gasteiger partial charge in [-0.1, -0.05) is 12.1 Å². The van der Waals surface area contributed by atoms with Crippen LogP contribution in [0, 0.1) is 0 Å². The largest absolute Gasteiger partial charge is 0.460 e. The first-order valence-electron chi connectivity index (χ1n) is 8.94. The van der Waals surface area contributed by atoms with E-state index < -0.39 is 12.0 Å². The molecule has 0 unspecified atom stereocenters. The van der Waals surface area contributed by atoms with Crippen molar-refractivity contribution in [2.24, 2.45) is 0 Å². The monoisotopic (exact) mass is 406 g/mol. The van der Waals surface area contributed by atoms with E-state index in [1.807, 2.05) is 26.0 Å². The predicted octanol–water partition coefficient (Wildman–Crippen LogP) is 2.15. The molecule has 28 heavy (non-hydrogen) atoms. The summed E-state index contributed by atoms with van der Waals surface area (Å²) in [6.07, 6.45) is 0. The van der Waals surface area contributed by atoms with Gasteiger partial charge in [0.05, 0.1) is 18.2 Å². The number of carbonyl (C=O) groups is 2. The highest BCUT2D eigenvalue weighted by Gasteiger charge is 2.33. The second kappa shape index (κ2) is 10.0. The second-order valence-corrected chi connectivity index (χ2v) is 6.56. The van der Waals surface area contributed by atoms with Crippen molar-refractivity contribution in [3.63, 3.8) is 0 Å². The summed E-state index contributed by atoms with van der Waals surface area (Å²) < 4.78 is 10.3. The molecule has 1 atom stereocenters. The Bertz CT molecular complexity index is 764. The fraction of sp³-hybridized carbons (Fsp3) is 0.421. The molecule has 0 fully saturated rings. The number of amides is 2. The fourth-order valence-corrected chi connectivity index (χ4v) is 2.99. The molecule has 0 radical (unpaired) electrons. The van der Waals surface area contributed by atoms with E-state index >= 15 is 0 Å². The number of hydrogen-bond donors (Lipinski definition) is 3. The maximum atomic E-state index is 12.7. The molecule has 1 aromatic carbocycles. The van der Waals surface area contributed by atoms with Crippen molar-refractivity contribution in [1.29, 1.82) is 0 Å². The third kappa shape index (κ3) is 5.20. The van der Waals surface area contributed by atoms with Gasteiger partial charge >= 0.3 is 12.0 Å². The zero-order chi connectivity index (χ0) is 20.7. The molecule has 0 spiro atoms. The summed E-state index contributed by atoms with van der Waals surface area (Å²) in [5.41, 5.74) is 2.68. The van der Waals surface area contributed by atoms with Crippen molar-refractivity contribution < 1.29 is 19.1 Å². The van der Waals surface area contributed by atoms with Gasteiger partial charge in [0.2, 0.25) is 0 Å². The normalized spacial score (nSPS) is 16.5. The second-order valence-electron chi connectivity index (χ2n) is 6.18. The Morgan fingerprint density at radius 3 is 2.54 bits per heavy atom. The maximum absolute atomic E-state index is 12.7. The molecule has 3 N–H and O–H groups in total. The molecule has 152 valence electrons. The van der Waals surface area contributed by atoms with E-state index in [4.69, 9.17) is 21.7 Å². The molecule has 0 aliphatic carbocycles. The molecule has 8 nitrogen and oxygen atoms in total. The van der Waals surface area contributed by atoms with Crippen LogP contribution in [0.3, 0.4) is 0 Å². The van der Waals surface area contributed by atoms with E-state index in [9.17, 15) is 9.59 Å². The number of allylic oxidation sites excluding steroid dienone is 1. The van der Waals surface area contributed by atoms with Crippen LogP contribution in [0.5, 0.6) is 0 Å². The first-order chi connectivity index (χ1) is 13.4. The van der Waals surface area contributed by atoms with Gasteiger partial charge in [0, 0.05) is 32.1 Å². The topological polar surface area (TPSA) is 91.9 Å². The van der Waals surface area contributed by atoms with E-state index in [0.29, 0.717) is 29.5 Å². The highest BCUT2D eigenvalue weighted by atomic mass is 32.1. The molecule has 1 aliphatic rings. The number of anilines is 1. The van der Waals surface area contributed by atoms with Crippen LogP contribution >= 0.6 is 12.2 Å². The lowest BCUT2D eigenvalue weighted by Crippen LogP contribution is -2.46. The van der Waals surface area contributed by atoms with Crippen molar-refractivity contribution in [3.8, 4) is 0 Å². The van der Waals surface area contributed by atoms with Gasteiger partial charge < -0.3 is 30.3 Å². The lowest BCUT2D eigenvalue weighted by Gasteiger charge is -2.35. The minimum Gasteiger partial charge on any atom is -0.460 e. The Hall–Kier alpha value is -2.65. The van der Waals surface area contributed by atoms with Crippen molar-refractivity contribution in [2.45, 2.75) is 19.9 Å². The molecule has 2 amide bonds. The summed E-state index contributed by atoms with van der Waals surface area (Å²) in [4.78, 5) is 26.1. The van der Waals surface area contributed by atoms with Crippen LogP contribution in [0.1, 0.15) is 25.5 Å². The number of benzene rings is 1. The number of urea groups is 1. The molecule has 0 saturated heterocycles. The number of nitrogens with zero attached hydrogens (tertiary/aromatic N) is 1. The molecular formula is C19H26N4O4S. The SMILES string of the molecule is CCNC(=O)Nc1ccc([C@H]2NC(=S)N(C)C(C)=C2C(=O)OCCOC)cc1. The van der Waals surface area contributed by atoms with E-state index in [1.54, 1.807) is 31.2 Å². The molecule has 1 aromatic rings. The van der Waals surface area contributed by atoms with E-state index in [0.717, 1.165) is 11.3 Å². The van der Waals surface area contributed by atoms with Crippen LogP contribution in [0.25, 0.3) is 0 Å². The van der Waals surface area contributed by atoms with Crippen LogP contribution < -0.4 is 16.0 Å². The molecule has 2 rings (SSSR count). The van der Waals surface area contributed by atoms with Crippen molar-refractivity contribution >= 4 is 35.0 Å². The molecular weight excluding hydrogens is 380 g/mol. The number of methoxy groups -OCH3 is 1. The molecule has 9 heteroatoms. The molecule has 0 bridgehead atoms. The summed E-state index contributed by atoms with van der Waals surface area (Å²) in [5.74, 6) is -0.425. The summed E-state index contributed by atoms with van der Waals surface area (Å²) in [6, 6.07) is 6.50. The molecule has 1 aliphatic heterocycles. The fourth-order valence-electron chi connectivity index (χ4n) is 2.74. The number of ether oxygens (including phenoxy) is 2. The number of thiocarbonyl (C=S) groups is 1. The average molecular weight is 407 g/mol. The first kappa shape index (κ1) is 21.6. The van der Waals surface area contributed by atoms with Crippen molar-refractivity contribution in [2.75, 3.05) is 39.2 Å². The van der Waals surface area contributed by atoms with Gasteiger partial charge in [0.1, 0.15) is 6.61 Å². The summed E-state index contributed by atoms with van der Waals surface area (Å²) in [7, 11) is 3.34. The summed E-state index contributed by atoms with van der Waals surface area (Å²) >= 11 is 5.38. The Kier molecular flexibility index (Phi) is 7.77. The van der Waals surface area contributed by atoms with Crippen LogP contribution in [-0.4, -0.2) is 55.9 Å². The minimum atomic E-state index is -0.447. The molecule has 1 heterocycles. The molecule has 0 saturated carbocycles.